The smallest absolute Gasteiger partial charge is 0.0890 e. The van der Waals surface area contributed by atoms with Gasteiger partial charge >= 0.3 is 0 Å². The minimum absolute atomic E-state index is 0.973. The lowest BCUT2D eigenvalue weighted by Gasteiger charge is -2.09. The molecule has 0 aliphatic rings. The standard InChI is InChI=1S/C22H30Br2N2/c1-3-5-7-9-11-19-17(23)13-15-21(25-19)22-16-14-18(24)20(26-22)12-10-8-6-4-2/h13-16H,3-12H2,1-2H3. The fraction of sp³-hybridized carbons (Fsp3) is 0.545. The monoisotopic (exact) mass is 480 g/mol. The van der Waals surface area contributed by atoms with E-state index >= 15 is 0 Å². The van der Waals surface area contributed by atoms with Gasteiger partial charge in [-0.05, 0) is 81.8 Å². The Morgan fingerprint density at radius 2 is 1.04 bits per heavy atom. The van der Waals surface area contributed by atoms with E-state index in [9.17, 15) is 0 Å². The zero-order chi connectivity index (χ0) is 18.8. The van der Waals surface area contributed by atoms with E-state index in [1.165, 1.54) is 51.4 Å². The molecule has 0 aliphatic heterocycles. The van der Waals surface area contributed by atoms with Gasteiger partial charge in [0.05, 0.1) is 22.8 Å². The summed E-state index contributed by atoms with van der Waals surface area (Å²) in [5.41, 5.74) is 4.24. The number of pyridine rings is 2. The zero-order valence-electron chi connectivity index (χ0n) is 16.0. The van der Waals surface area contributed by atoms with E-state index < -0.39 is 0 Å². The average Bonchev–Trinajstić information content (AvgIpc) is 2.65. The summed E-state index contributed by atoms with van der Waals surface area (Å²) in [7, 11) is 0. The Morgan fingerprint density at radius 3 is 1.42 bits per heavy atom. The predicted molar refractivity (Wildman–Crippen MR) is 119 cm³/mol. The fourth-order valence-electron chi connectivity index (χ4n) is 3.04. The van der Waals surface area contributed by atoms with Crippen molar-refractivity contribution in [3.63, 3.8) is 0 Å². The van der Waals surface area contributed by atoms with Crippen molar-refractivity contribution >= 4 is 31.9 Å². The van der Waals surface area contributed by atoms with Crippen LogP contribution in [0.3, 0.4) is 0 Å². The summed E-state index contributed by atoms with van der Waals surface area (Å²) in [5.74, 6) is 0. The summed E-state index contributed by atoms with van der Waals surface area (Å²) in [6, 6.07) is 8.36. The van der Waals surface area contributed by atoms with Crippen molar-refractivity contribution < 1.29 is 0 Å². The molecule has 0 N–H and O–H groups in total. The maximum absolute atomic E-state index is 4.90. The lowest BCUT2D eigenvalue weighted by atomic mass is 10.1. The maximum Gasteiger partial charge on any atom is 0.0890 e. The molecule has 26 heavy (non-hydrogen) atoms. The van der Waals surface area contributed by atoms with E-state index in [4.69, 9.17) is 9.97 Å². The van der Waals surface area contributed by atoms with Crippen LogP contribution in [-0.2, 0) is 12.8 Å². The van der Waals surface area contributed by atoms with Crippen molar-refractivity contribution in [3.05, 3.63) is 44.6 Å². The van der Waals surface area contributed by atoms with Crippen molar-refractivity contribution in [2.75, 3.05) is 0 Å². The first kappa shape index (κ1) is 21.6. The Bertz CT molecular complexity index is 626. The van der Waals surface area contributed by atoms with Gasteiger partial charge in [0.1, 0.15) is 0 Å². The molecule has 0 spiro atoms. The van der Waals surface area contributed by atoms with Gasteiger partial charge < -0.3 is 0 Å². The van der Waals surface area contributed by atoms with Crippen LogP contribution in [0.2, 0.25) is 0 Å². The van der Waals surface area contributed by atoms with Gasteiger partial charge in [-0.2, -0.15) is 0 Å². The van der Waals surface area contributed by atoms with Gasteiger partial charge in [0.15, 0.2) is 0 Å². The summed E-state index contributed by atoms with van der Waals surface area (Å²) < 4.78 is 2.21. The lowest BCUT2D eigenvalue weighted by molar-refractivity contribution is 0.658. The second-order valence-electron chi connectivity index (χ2n) is 6.87. The molecule has 142 valence electrons. The van der Waals surface area contributed by atoms with Crippen molar-refractivity contribution in [1.82, 2.24) is 9.97 Å². The molecule has 0 amide bonds. The summed E-state index contributed by atoms with van der Waals surface area (Å²) in [6.07, 6.45) is 12.1. The number of aromatic nitrogens is 2. The largest absolute Gasteiger partial charge is 0.250 e. The molecule has 0 aromatic carbocycles. The molecular weight excluding hydrogens is 452 g/mol. The van der Waals surface area contributed by atoms with Crippen LogP contribution in [-0.4, -0.2) is 9.97 Å². The molecule has 0 saturated heterocycles. The number of nitrogens with zero attached hydrogens (tertiary/aromatic N) is 2. The van der Waals surface area contributed by atoms with Crippen LogP contribution in [0.5, 0.6) is 0 Å². The molecule has 4 heteroatoms. The second-order valence-corrected chi connectivity index (χ2v) is 8.58. The average molecular weight is 482 g/mol. The highest BCUT2D eigenvalue weighted by molar-refractivity contribution is 9.10. The molecular formula is C22H30Br2N2. The number of aryl methyl sites for hydroxylation is 2. The van der Waals surface area contributed by atoms with Crippen molar-refractivity contribution in [2.24, 2.45) is 0 Å². The Labute approximate surface area is 175 Å². The van der Waals surface area contributed by atoms with Crippen LogP contribution in [0.25, 0.3) is 11.4 Å². The molecule has 0 aliphatic carbocycles. The maximum atomic E-state index is 4.90. The number of hydrogen-bond acceptors (Lipinski definition) is 2. The summed E-state index contributed by atoms with van der Waals surface area (Å²) in [4.78, 5) is 9.79. The van der Waals surface area contributed by atoms with Gasteiger partial charge in [-0.3, -0.25) is 9.97 Å². The minimum atomic E-state index is 0.973. The quantitative estimate of drug-likeness (QED) is 0.304. The summed E-state index contributed by atoms with van der Waals surface area (Å²) in [5, 5.41) is 0. The third-order valence-corrected chi connectivity index (χ3v) is 6.08. The molecule has 2 nitrogen and oxygen atoms in total. The number of halogens is 2. The van der Waals surface area contributed by atoms with E-state index in [0.29, 0.717) is 0 Å². The van der Waals surface area contributed by atoms with Crippen LogP contribution < -0.4 is 0 Å². The minimum Gasteiger partial charge on any atom is -0.250 e. The lowest BCUT2D eigenvalue weighted by Crippen LogP contribution is -1.99. The molecule has 2 heterocycles. The first-order chi connectivity index (χ1) is 12.7. The van der Waals surface area contributed by atoms with Gasteiger partial charge in [0, 0.05) is 8.95 Å². The van der Waals surface area contributed by atoms with Crippen LogP contribution in [0.1, 0.15) is 76.6 Å². The third-order valence-electron chi connectivity index (χ3n) is 4.63. The normalized spacial score (nSPS) is 11.1. The van der Waals surface area contributed by atoms with Gasteiger partial charge in [0.2, 0.25) is 0 Å². The first-order valence-corrected chi connectivity index (χ1v) is 11.6. The van der Waals surface area contributed by atoms with Gasteiger partial charge in [-0.1, -0.05) is 52.4 Å². The molecule has 0 saturated carbocycles. The predicted octanol–water partition coefficient (Wildman–Crippen LogP) is 7.91. The highest BCUT2D eigenvalue weighted by Crippen LogP contribution is 2.25. The summed E-state index contributed by atoms with van der Waals surface area (Å²) in [6.45, 7) is 4.49. The number of rotatable bonds is 11. The fourth-order valence-corrected chi connectivity index (χ4v) is 3.88. The van der Waals surface area contributed by atoms with E-state index in [1.807, 2.05) is 0 Å². The molecule has 0 fully saturated rings. The molecule has 2 aromatic heterocycles. The van der Waals surface area contributed by atoms with Gasteiger partial charge in [-0.15, -0.1) is 0 Å². The van der Waals surface area contributed by atoms with E-state index in [2.05, 4.69) is 70.0 Å². The summed E-state index contributed by atoms with van der Waals surface area (Å²) >= 11 is 7.31. The molecule has 2 aromatic rings. The molecule has 2 rings (SSSR count). The van der Waals surface area contributed by atoms with E-state index in [0.717, 1.165) is 44.6 Å². The van der Waals surface area contributed by atoms with Crippen LogP contribution >= 0.6 is 31.9 Å². The van der Waals surface area contributed by atoms with Crippen LogP contribution in [0.4, 0.5) is 0 Å². The van der Waals surface area contributed by atoms with Gasteiger partial charge in [0.25, 0.3) is 0 Å². The van der Waals surface area contributed by atoms with Crippen molar-refractivity contribution in [3.8, 4) is 11.4 Å². The van der Waals surface area contributed by atoms with Crippen LogP contribution in [0.15, 0.2) is 33.2 Å². The number of hydrogen-bond donors (Lipinski definition) is 0. The molecule has 0 bridgehead atoms. The Hall–Kier alpha value is -0.740. The Balaban J connectivity index is 2.11. The van der Waals surface area contributed by atoms with E-state index in [1.54, 1.807) is 0 Å². The highest BCUT2D eigenvalue weighted by atomic mass is 79.9. The zero-order valence-corrected chi connectivity index (χ0v) is 19.2. The third kappa shape index (κ3) is 6.77. The SMILES string of the molecule is CCCCCCc1nc(-c2ccc(Br)c(CCCCCC)n2)ccc1Br. The van der Waals surface area contributed by atoms with Crippen LogP contribution in [0, 0.1) is 0 Å². The van der Waals surface area contributed by atoms with Crippen molar-refractivity contribution in [2.45, 2.75) is 78.1 Å². The Kier molecular flexibility index (Phi) is 9.84. The second kappa shape index (κ2) is 11.9. The first-order valence-electron chi connectivity index (χ1n) is 9.97. The molecule has 0 radical (unpaired) electrons. The highest BCUT2D eigenvalue weighted by Gasteiger charge is 2.09. The Morgan fingerprint density at radius 1 is 0.615 bits per heavy atom. The molecule has 0 atom stereocenters. The molecule has 0 unspecified atom stereocenters. The number of unbranched alkanes of at least 4 members (excludes halogenated alkanes) is 6. The van der Waals surface area contributed by atoms with Gasteiger partial charge in [-0.25, -0.2) is 0 Å². The topological polar surface area (TPSA) is 25.8 Å². The van der Waals surface area contributed by atoms with Crippen molar-refractivity contribution in [1.29, 1.82) is 0 Å². The van der Waals surface area contributed by atoms with E-state index in [-0.39, 0.29) is 0 Å².